The van der Waals surface area contributed by atoms with E-state index in [1.54, 1.807) is 18.2 Å². The highest BCUT2D eigenvalue weighted by Gasteiger charge is 2.14. The maximum Gasteiger partial charge on any atom is 0.349 e. The van der Waals surface area contributed by atoms with E-state index in [0.29, 0.717) is 30.0 Å². The molecule has 1 N–H and O–H groups in total. The summed E-state index contributed by atoms with van der Waals surface area (Å²) in [5.74, 6) is -0.458. The quantitative estimate of drug-likeness (QED) is 0.655. The molecule has 1 aromatic heterocycles. The molecule has 0 saturated carbocycles. The van der Waals surface area contributed by atoms with Crippen LogP contribution < -0.4 is 10.9 Å². The average Bonchev–Trinajstić information content (AvgIpc) is 2.47. The van der Waals surface area contributed by atoms with Crippen molar-refractivity contribution in [1.82, 2.24) is 5.32 Å². The zero-order valence-corrected chi connectivity index (χ0v) is 13.3. The number of benzene rings is 1. The Kier molecular flexibility index (Phi) is 5.57. The lowest BCUT2D eigenvalue weighted by atomic mass is 10.2. The molecule has 118 valence electrons. The molecule has 0 radical (unpaired) electrons. The van der Waals surface area contributed by atoms with Crippen molar-refractivity contribution in [2.45, 2.75) is 26.4 Å². The zero-order valence-electron chi connectivity index (χ0n) is 12.5. The fourth-order valence-electron chi connectivity index (χ4n) is 1.96. The molecule has 1 heterocycles. The molecule has 0 bridgehead atoms. The Hall–Kier alpha value is -1.85. The van der Waals surface area contributed by atoms with E-state index in [4.69, 9.17) is 20.8 Å². The minimum atomic E-state index is -0.698. The number of para-hydroxylation sites is 1. The van der Waals surface area contributed by atoms with Crippen LogP contribution in [0.5, 0.6) is 0 Å². The predicted octanol–water partition coefficient (Wildman–Crippen LogP) is 2.99. The van der Waals surface area contributed by atoms with E-state index >= 15 is 0 Å². The number of carbonyl (C=O) groups is 1. The Bertz CT molecular complexity index is 724. The summed E-state index contributed by atoms with van der Waals surface area (Å²) in [4.78, 5) is 23.9. The van der Waals surface area contributed by atoms with Gasteiger partial charge in [0.1, 0.15) is 5.56 Å². The molecule has 0 fully saturated rings. The van der Waals surface area contributed by atoms with Crippen LogP contribution in [-0.2, 0) is 4.74 Å². The summed E-state index contributed by atoms with van der Waals surface area (Å²) in [6, 6.07) is 6.58. The number of halogens is 1. The standard InChI is InChI=1S/C16H18ClNO4/c1-10(2)21-8-4-7-18-15(19)12-9-11-5-3-6-13(17)14(11)22-16(12)20/h3,5-6,9-10H,4,7-8H2,1-2H3,(H,18,19). The minimum absolute atomic E-state index is 0.0282. The van der Waals surface area contributed by atoms with Gasteiger partial charge in [0.25, 0.3) is 5.91 Å². The summed E-state index contributed by atoms with van der Waals surface area (Å²) in [5, 5.41) is 3.63. The summed E-state index contributed by atoms with van der Waals surface area (Å²) in [7, 11) is 0. The van der Waals surface area contributed by atoms with E-state index in [-0.39, 0.29) is 17.3 Å². The van der Waals surface area contributed by atoms with Gasteiger partial charge in [-0.05, 0) is 32.4 Å². The number of rotatable bonds is 6. The van der Waals surface area contributed by atoms with Crippen molar-refractivity contribution in [1.29, 1.82) is 0 Å². The van der Waals surface area contributed by atoms with Gasteiger partial charge in [0.05, 0.1) is 11.1 Å². The summed E-state index contributed by atoms with van der Waals surface area (Å²) in [6.45, 7) is 4.88. The SMILES string of the molecule is CC(C)OCCCNC(=O)c1cc2cccc(Cl)c2oc1=O. The predicted molar refractivity (Wildman–Crippen MR) is 85.5 cm³/mol. The van der Waals surface area contributed by atoms with E-state index in [1.807, 2.05) is 13.8 Å². The van der Waals surface area contributed by atoms with Crippen LogP contribution in [-0.4, -0.2) is 25.2 Å². The maximum absolute atomic E-state index is 12.0. The van der Waals surface area contributed by atoms with Gasteiger partial charge < -0.3 is 14.5 Å². The van der Waals surface area contributed by atoms with Gasteiger partial charge in [-0.25, -0.2) is 4.79 Å². The van der Waals surface area contributed by atoms with E-state index in [1.165, 1.54) is 6.07 Å². The van der Waals surface area contributed by atoms with Crippen LogP contribution in [0.3, 0.4) is 0 Å². The van der Waals surface area contributed by atoms with Gasteiger partial charge in [-0.1, -0.05) is 23.7 Å². The third-order valence-corrected chi connectivity index (χ3v) is 3.31. The van der Waals surface area contributed by atoms with Gasteiger partial charge >= 0.3 is 5.63 Å². The molecule has 5 nitrogen and oxygen atoms in total. The smallest absolute Gasteiger partial charge is 0.349 e. The number of hydrogen-bond donors (Lipinski definition) is 1. The summed E-state index contributed by atoms with van der Waals surface area (Å²) >= 11 is 5.96. The number of fused-ring (bicyclic) bond motifs is 1. The summed E-state index contributed by atoms with van der Waals surface area (Å²) in [6.07, 6.45) is 0.835. The number of hydrogen-bond acceptors (Lipinski definition) is 4. The maximum atomic E-state index is 12.0. The van der Waals surface area contributed by atoms with E-state index in [9.17, 15) is 9.59 Å². The number of nitrogens with one attached hydrogen (secondary N) is 1. The Labute approximate surface area is 133 Å². The lowest BCUT2D eigenvalue weighted by molar-refractivity contribution is 0.0757. The molecule has 6 heteroatoms. The molecule has 1 amide bonds. The number of carbonyl (C=O) groups excluding carboxylic acids is 1. The molecule has 2 rings (SSSR count). The molecule has 0 unspecified atom stereocenters. The van der Waals surface area contributed by atoms with Gasteiger partial charge in [0.15, 0.2) is 5.58 Å². The summed E-state index contributed by atoms with van der Waals surface area (Å²) < 4.78 is 10.5. The highest BCUT2D eigenvalue weighted by atomic mass is 35.5. The van der Waals surface area contributed by atoms with Crippen LogP contribution in [0.15, 0.2) is 33.5 Å². The Balaban J connectivity index is 2.05. The highest BCUT2D eigenvalue weighted by molar-refractivity contribution is 6.34. The molecular formula is C16H18ClNO4. The normalized spacial score (nSPS) is 11.1. The molecule has 0 atom stereocenters. The molecule has 0 aliphatic carbocycles. The first kappa shape index (κ1) is 16.5. The molecular weight excluding hydrogens is 306 g/mol. The lowest BCUT2D eigenvalue weighted by Gasteiger charge is -2.08. The second kappa shape index (κ2) is 7.42. The second-order valence-corrected chi connectivity index (χ2v) is 5.54. The van der Waals surface area contributed by atoms with Gasteiger partial charge in [-0.3, -0.25) is 4.79 Å². The van der Waals surface area contributed by atoms with Crippen molar-refractivity contribution >= 4 is 28.5 Å². The third-order valence-electron chi connectivity index (χ3n) is 3.01. The lowest BCUT2D eigenvalue weighted by Crippen LogP contribution is -2.29. The molecule has 1 aromatic carbocycles. The molecule has 0 saturated heterocycles. The van der Waals surface area contributed by atoms with Crippen LogP contribution >= 0.6 is 11.6 Å². The first-order valence-electron chi connectivity index (χ1n) is 7.11. The van der Waals surface area contributed by atoms with Gasteiger partial charge in [-0.2, -0.15) is 0 Å². The molecule has 0 aliphatic rings. The second-order valence-electron chi connectivity index (χ2n) is 5.13. The van der Waals surface area contributed by atoms with Crippen LogP contribution in [0.2, 0.25) is 5.02 Å². The Morgan fingerprint density at radius 1 is 1.41 bits per heavy atom. The fraction of sp³-hybridized carbons (Fsp3) is 0.375. The van der Waals surface area contributed by atoms with E-state index in [2.05, 4.69) is 5.32 Å². The fourth-order valence-corrected chi connectivity index (χ4v) is 2.18. The first-order valence-corrected chi connectivity index (χ1v) is 7.49. The monoisotopic (exact) mass is 323 g/mol. The third kappa shape index (κ3) is 4.08. The van der Waals surface area contributed by atoms with Crippen molar-refractivity contribution in [2.75, 3.05) is 13.2 Å². The van der Waals surface area contributed by atoms with Crippen LogP contribution in [0.1, 0.15) is 30.6 Å². The molecule has 2 aromatic rings. The van der Waals surface area contributed by atoms with E-state index < -0.39 is 11.5 Å². The van der Waals surface area contributed by atoms with Gasteiger partial charge in [0.2, 0.25) is 0 Å². The molecule has 0 aliphatic heterocycles. The zero-order chi connectivity index (χ0) is 16.1. The Morgan fingerprint density at radius 3 is 2.91 bits per heavy atom. The topological polar surface area (TPSA) is 68.5 Å². The summed E-state index contributed by atoms with van der Waals surface area (Å²) in [5.41, 5.74) is -0.438. The van der Waals surface area contributed by atoms with Crippen LogP contribution in [0.4, 0.5) is 0 Å². The largest absolute Gasteiger partial charge is 0.421 e. The van der Waals surface area contributed by atoms with E-state index in [0.717, 1.165) is 0 Å². The van der Waals surface area contributed by atoms with Crippen LogP contribution in [0.25, 0.3) is 11.0 Å². The van der Waals surface area contributed by atoms with Crippen molar-refractivity contribution < 1.29 is 13.9 Å². The number of ether oxygens (including phenoxy) is 1. The number of amides is 1. The first-order chi connectivity index (χ1) is 10.5. The Morgan fingerprint density at radius 2 is 2.18 bits per heavy atom. The van der Waals surface area contributed by atoms with Gasteiger partial charge in [0, 0.05) is 18.5 Å². The van der Waals surface area contributed by atoms with Crippen LogP contribution in [0, 0.1) is 0 Å². The van der Waals surface area contributed by atoms with Crippen molar-refractivity contribution in [3.8, 4) is 0 Å². The average molecular weight is 324 g/mol. The van der Waals surface area contributed by atoms with Crippen molar-refractivity contribution in [3.63, 3.8) is 0 Å². The van der Waals surface area contributed by atoms with Crippen molar-refractivity contribution in [2.24, 2.45) is 0 Å². The highest BCUT2D eigenvalue weighted by Crippen LogP contribution is 2.22. The van der Waals surface area contributed by atoms with Gasteiger partial charge in [-0.15, -0.1) is 0 Å². The molecule has 22 heavy (non-hydrogen) atoms. The van der Waals surface area contributed by atoms with Crippen molar-refractivity contribution in [3.05, 3.63) is 45.3 Å². The molecule has 0 spiro atoms. The minimum Gasteiger partial charge on any atom is -0.421 e.